The van der Waals surface area contributed by atoms with E-state index >= 15 is 0 Å². The summed E-state index contributed by atoms with van der Waals surface area (Å²) >= 11 is 0. The van der Waals surface area contributed by atoms with Crippen LogP contribution < -0.4 is 10.6 Å². The number of anilines is 1. The molecule has 4 rings (SSSR count). The van der Waals surface area contributed by atoms with E-state index in [1.54, 1.807) is 49.4 Å². The molecule has 0 heterocycles. The van der Waals surface area contributed by atoms with Crippen LogP contribution in [0, 0.1) is 12.3 Å². The van der Waals surface area contributed by atoms with Crippen LogP contribution in [0.15, 0.2) is 87.9 Å². The molecule has 0 saturated carbocycles. The highest BCUT2D eigenvalue weighted by atomic mass is 32.2. The Bertz CT molecular complexity index is 2490. The lowest BCUT2D eigenvalue weighted by molar-refractivity contribution is -0.152. The molecule has 0 aromatic heterocycles. The summed E-state index contributed by atoms with van der Waals surface area (Å²) in [6, 6.07) is 19.8. The molecule has 0 spiro atoms. The Morgan fingerprint density at radius 3 is 1.42 bits per heavy atom. The fourth-order valence-corrected chi connectivity index (χ4v) is 11.6. The first-order chi connectivity index (χ1) is 38.3. The minimum Gasteiger partial charge on any atom is -0.506 e. The number of azo groups is 1. The number of phenols is 1. The number of carbonyl (C=O) groups is 3. The maximum Gasteiger partial charge on any atom is 0.310 e. The second-order valence-electron chi connectivity index (χ2n) is 22.6. The Hall–Kier alpha value is -5.14. The number of unbranched alkanes of at least 4 members (excludes halogenated alkanes) is 30. The van der Waals surface area contributed by atoms with Crippen molar-refractivity contribution in [1.29, 1.82) is 0 Å². The minimum atomic E-state index is -4.60. The van der Waals surface area contributed by atoms with Gasteiger partial charge in [-0.25, -0.2) is 0 Å². The van der Waals surface area contributed by atoms with Crippen molar-refractivity contribution in [2.75, 3.05) is 11.9 Å². The maximum atomic E-state index is 13.8. The van der Waals surface area contributed by atoms with E-state index < -0.39 is 32.3 Å². The molecule has 13 heteroatoms. The van der Waals surface area contributed by atoms with Crippen LogP contribution in [0.3, 0.4) is 0 Å². The van der Waals surface area contributed by atoms with Crippen LogP contribution in [-0.2, 0) is 26.1 Å². The van der Waals surface area contributed by atoms with E-state index in [0.29, 0.717) is 41.3 Å². The molecular weight excluding hydrogens is 1010 g/mol. The highest BCUT2D eigenvalue weighted by molar-refractivity contribution is 7.86. The van der Waals surface area contributed by atoms with E-state index in [0.717, 1.165) is 44.1 Å². The lowest BCUT2D eigenvalue weighted by Gasteiger charge is -2.29. The summed E-state index contributed by atoms with van der Waals surface area (Å²) in [6.45, 7) is 6.43. The third-order valence-corrected chi connectivity index (χ3v) is 16.7. The second-order valence-corrected chi connectivity index (χ2v) is 24.0. The molecule has 0 unspecified atom stereocenters. The molecule has 0 fully saturated rings. The highest BCUT2D eigenvalue weighted by Gasteiger charge is 2.39. The van der Waals surface area contributed by atoms with Gasteiger partial charge in [-0.2, -0.15) is 8.42 Å². The predicted octanol–water partition coefficient (Wildman–Crippen LogP) is 19.2. The van der Waals surface area contributed by atoms with Crippen LogP contribution in [0.5, 0.6) is 5.75 Å². The van der Waals surface area contributed by atoms with Crippen molar-refractivity contribution < 1.29 is 37.6 Å². The number of aliphatic carboxylic acids is 1. The van der Waals surface area contributed by atoms with Gasteiger partial charge >= 0.3 is 5.97 Å². The average Bonchev–Trinajstić information content (AvgIpc) is 3.43. The SMILES string of the molecule is CCCCCCCCCCCCCCCCCCC(CCCCCCCCCCCCCCCCCC)(CC(=O)Nc1ccc(CCNC(=O)c2cc(N=Nc3ccc(C)cc3S(=O)(=O)O)c3ccccc3c2O)cc1)C(=O)O. The second kappa shape index (κ2) is 38.5. The monoisotopic (exact) mass is 1110 g/mol. The lowest BCUT2D eigenvalue weighted by Crippen LogP contribution is -2.35. The largest absolute Gasteiger partial charge is 0.506 e. The molecule has 0 atom stereocenters. The van der Waals surface area contributed by atoms with Crippen LogP contribution in [-0.4, -0.2) is 47.5 Å². The van der Waals surface area contributed by atoms with Crippen LogP contribution in [0.25, 0.3) is 10.8 Å². The van der Waals surface area contributed by atoms with Gasteiger partial charge < -0.3 is 20.8 Å². The third kappa shape index (κ3) is 25.9. The van der Waals surface area contributed by atoms with Crippen molar-refractivity contribution in [2.24, 2.45) is 15.6 Å². The number of hydrogen-bond donors (Lipinski definition) is 5. The van der Waals surface area contributed by atoms with Crippen molar-refractivity contribution >= 4 is 55.7 Å². The van der Waals surface area contributed by atoms with Crippen LogP contribution in [0.2, 0.25) is 0 Å². The number of carbonyl (C=O) groups excluding carboxylic acids is 2. The number of phenolic OH excluding ortho intramolecular Hbond substituents is 1. The fourth-order valence-electron chi connectivity index (χ4n) is 10.9. The van der Waals surface area contributed by atoms with Crippen molar-refractivity contribution in [3.8, 4) is 5.75 Å². The molecular formula is C66H100N4O8S. The van der Waals surface area contributed by atoms with Gasteiger partial charge in [0.25, 0.3) is 16.0 Å². The third-order valence-electron chi connectivity index (χ3n) is 15.8. The van der Waals surface area contributed by atoms with Crippen molar-refractivity contribution in [3.05, 3.63) is 89.5 Å². The number of hydrogen-bond acceptors (Lipinski definition) is 8. The summed E-state index contributed by atoms with van der Waals surface area (Å²) in [5, 5.41) is 37.1. The molecule has 0 saturated heterocycles. The van der Waals surface area contributed by atoms with E-state index in [1.165, 1.54) is 185 Å². The van der Waals surface area contributed by atoms with Gasteiger partial charge in [0.1, 0.15) is 16.3 Å². The van der Waals surface area contributed by atoms with Crippen molar-refractivity contribution in [2.45, 2.75) is 257 Å². The van der Waals surface area contributed by atoms with E-state index in [9.17, 15) is 37.6 Å². The van der Waals surface area contributed by atoms with E-state index in [4.69, 9.17) is 0 Å². The first kappa shape index (κ1) is 66.4. The molecule has 0 aliphatic heterocycles. The molecule has 79 heavy (non-hydrogen) atoms. The molecule has 4 aromatic rings. The van der Waals surface area contributed by atoms with Gasteiger partial charge in [-0.3, -0.25) is 18.9 Å². The molecule has 0 aliphatic rings. The van der Waals surface area contributed by atoms with Gasteiger partial charge in [-0.05, 0) is 67.6 Å². The van der Waals surface area contributed by atoms with E-state index in [-0.39, 0.29) is 41.6 Å². The number of aromatic hydroxyl groups is 1. The van der Waals surface area contributed by atoms with Crippen LogP contribution in [0.4, 0.5) is 17.1 Å². The van der Waals surface area contributed by atoms with Gasteiger partial charge in [0.05, 0.1) is 16.7 Å². The summed E-state index contributed by atoms with van der Waals surface area (Å²) in [5.41, 5.74) is 1.01. The van der Waals surface area contributed by atoms with Crippen molar-refractivity contribution in [1.82, 2.24) is 5.32 Å². The number of fused-ring (bicyclic) bond motifs is 1. The standard InChI is InChI=1S/C66H100N4O8S/c1-4-6-8-10-12-14-16-18-20-22-24-26-28-30-32-36-47-66(65(74)75,48-37-33-31-29-27-25-23-21-19-17-15-13-11-9-7-5-2)52-62(71)68-55-43-41-54(42-44-55)46-49-67-64(73)58-51-60(56-38-34-35-39-57(56)63(58)72)70-69-59-45-40-53(3)50-61(59)79(76,77)78/h34-35,38-45,50-51,72H,4-33,36-37,46-49,52H2,1-3H3,(H,67,73)(H,68,71)(H,74,75)(H,76,77,78). The van der Waals surface area contributed by atoms with Gasteiger partial charge in [-0.1, -0.05) is 262 Å². The number of amides is 2. The Morgan fingerprint density at radius 2 is 0.975 bits per heavy atom. The summed E-state index contributed by atoms with van der Waals surface area (Å²) in [4.78, 5) is 40.2. The first-order valence-electron chi connectivity index (χ1n) is 30.9. The average molecular weight is 1110 g/mol. The number of benzene rings is 4. The summed E-state index contributed by atoms with van der Waals surface area (Å²) in [7, 11) is -4.60. The van der Waals surface area contributed by atoms with Crippen LogP contribution >= 0.6 is 0 Å². The molecule has 2 amide bonds. The van der Waals surface area contributed by atoms with E-state index in [2.05, 4.69) is 34.7 Å². The fraction of sp³-hybridized carbons (Fsp3) is 0.621. The molecule has 0 radical (unpaired) electrons. The molecule has 12 nitrogen and oxygen atoms in total. The Balaban J connectivity index is 1.27. The Morgan fingerprint density at radius 1 is 0.544 bits per heavy atom. The first-order valence-corrected chi connectivity index (χ1v) is 32.4. The number of rotatable bonds is 45. The molecule has 0 aliphatic carbocycles. The molecule has 4 aromatic carbocycles. The maximum absolute atomic E-state index is 13.8. The van der Waals surface area contributed by atoms with Gasteiger partial charge in [-0.15, -0.1) is 10.2 Å². The number of aryl methyl sites for hydroxylation is 1. The van der Waals surface area contributed by atoms with Gasteiger partial charge in [0.15, 0.2) is 0 Å². The molecule has 0 bridgehead atoms. The molecule has 438 valence electrons. The zero-order valence-corrected chi connectivity index (χ0v) is 49.6. The number of nitrogens with zero attached hydrogens (tertiary/aromatic N) is 2. The van der Waals surface area contributed by atoms with Crippen LogP contribution in [0.1, 0.15) is 260 Å². The van der Waals surface area contributed by atoms with Gasteiger partial charge in [0.2, 0.25) is 5.91 Å². The Kier molecular flexibility index (Phi) is 32.3. The highest BCUT2D eigenvalue weighted by Crippen LogP contribution is 2.39. The molecule has 5 N–H and O–H groups in total. The number of nitrogens with one attached hydrogen (secondary N) is 2. The zero-order chi connectivity index (χ0) is 57.0. The number of carboxylic acid groups (broad SMARTS) is 1. The van der Waals surface area contributed by atoms with E-state index in [1.807, 2.05) is 12.1 Å². The van der Waals surface area contributed by atoms with Gasteiger partial charge in [0, 0.05) is 29.4 Å². The summed E-state index contributed by atoms with van der Waals surface area (Å²) in [6.07, 6.45) is 41.4. The number of carboxylic acids is 1. The summed E-state index contributed by atoms with van der Waals surface area (Å²) in [5.74, 6) is -1.99. The predicted molar refractivity (Wildman–Crippen MR) is 325 cm³/mol. The topological polar surface area (TPSA) is 195 Å². The van der Waals surface area contributed by atoms with Crippen molar-refractivity contribution in [3.63, 3.8) is 0 Å². The smallest absolute Gasteiger partial charge is 0.310 e. The minimum absolute atomic E-state index is 0.0494. The Labute approximate surface area is 476 Å². The zero-order valence-electron chi connectivity index (χ0n) is 48.8. The normalized spacial score (nSPS) is 11.9. The lowest BCUT2D eigenvalue weighted by atomic mass is 9.75. The quantitative estimate of drug-likeness (QED) is 0.0164. The summed E-state index contributed by atoms with van der Waals surface area (Å²) < 4.78 is 34.0.